The van der Waals surface area contributed by atoms with Crippen molar-refractivity contribution in [1.29, 1.82) is 0 Å². The van der Waals surface area contributed by atoms with Gasteiger partial charge < -0.3 is 0 Å². The van der Waals surface area contributed by atoms with Crippen LogP contribution in [0.15, 0.2) is 82.0 Å². The summed E-state index contributed by atoms with van der Waals surface area (Å²) in [7, 11) is 0. The van der Waals surface area contributed by atoms with E-state index in [-0.39, 0.29) is 18.0 Å². The Labute approximate surface area is 167 Å². The second-order valence-corrected chi connectivity index (χ2v) is 7.47. The van der Waals surface area contributed by atoms with E-state index in [4.69, 9.17) is 0 Å². The number of hydrogen-bond donors (Lipinski definition) is 0. The molecule has 134 valence electrons. The molecular formula is C26H12O3. The summed E-state index contributed by atoms with van der Waals surface area (Å²) in [5, 5.41) is 0. The van der Waals surface area contributed by atoms with Gasteiger partial charge in [0.15, 0.2) is 11.6 Å². The predicted molar refractivity (Wildman–Crippen MR) is 107 cm³/mol. The predicted octanol–water partition coefficient (Wildman–Crippen LogP) is 4.06. The van der Waals surface area contributed by atoms with Crippen molar-refractivity contribution >= 4 is 28.7 Å². The first-order valence-electron chi connectivity index (χ1n) is 9.43. The fraction of sp³-hybridized carbons (Fsp3) is 0.0769. The summed E-state index contributed by atoms with van der Waals surface area (Å²) in [6.45, 7) is 0. The molecular weight excluding hydrogens is 360 g/mol. The summed E-state index contributed by atoms with van der Waals surface area (Å²) in [6, 6.07) is 17.8. The van der Waals surface area contributed by atoms with E-state index in [1.54, 1.807) is 24.3 Å². The van der Waals surface area contributed by atoms with Crippen LogP contribution in [-0.4, -0.2) is 17.5 Å². The van der Waals surface area contributed by atoms with Crippen molar-refractivity contribution in [3.05, 3.63) is 111 Å². The third-order valence-corrected chi connectivity index (χ3v) is 5.97. The van der Waals surface area contributed by atoms with Crippen LogP contribution in [0, 0.1) is 12.1 Å². The number of benzene rings is 2. The number of carbonyl (C=O) groups is 2. The zero-order chi connectivity index (χ0) is 19.7. The minimum atomic E-state index is -0.226. The average molecular weight is 372 g/mol. The van der Waals surface area contributed by atoms with Crippen LogP contribution in [0.5, 0.6) is 0 Å². The van der Waals surface area contributed by atoms with Crippen molar-refractivity contribution in [2.75, 3.05) is 0 Å². The van der Waals surface area contributed by atoms with Crippen LogP contribution in [0.2, 0.25) is 0 Å². The zero-order valence-electron chi connectivity index (χ0n) is 15.3. The monoisotopic (exact) mass is 372 g/mol. The molecule has 29 heavy (non-hydrogen) atoms. The molecule has 0 spiro atoms. The Morgan fingerprint density at radius 2 is 1.66 bits per heavy atom. The van der Waals surface area contributed by atoms with Crippen LogP contribution in [0.3, 0.4) is 0 Å². The normalized spacial score (nSPS) is 18.7. The molecule has 0 atom stereocenters. The van der Waals surface area contributed by atoms with Crippen molar-refractivity contribution in [3.8, 4) is 0 Å². The molecule has 0 amide bonds. The summed E-state index contributed by atoms with van der Waals surface area (Å²) in [4.78, 5) is 37.4. The van der Waals surface area contributed by atoms with Crippen LogP contribution in [-0.2, 0) is 9.59 Å². The quantitative estimate of drug-likeness (QED) is 0.590. The van der Waals surface area contributed by atoms with Crippen molar-refractivity contribution in [3.63, 3.8) is 0 Å². The fourth-order valence-electron chi connectivity index (χ4n) is 4.69. The first-order chi connectivity index (χ1) is 14.2. The van der Waals surface area contributed by atoms with Gasteiger partial charge >= 0.3 is 0 Å². The number of carbonyl (C=O) groups excluding carboxylic acids is 3. The van der Waals surface area contributed by atoms with Crippen molar-refractivity contribution in [2.45, 2.75) is 12.8 Å². The lowest BCUT2D eigenvalue weighted by Gasteiger charge is -2.42. The van der Waals surface area contributed by atoms with Gasteiger partial charge in [-0.2, -0.15) is 0 Å². The zero-order valence-corrected chi connectivity index (χ0v) is 15.3. The number of allylic oxidation sites excluding steroid dienone is 9. The molecule has 0 aliphatic heterocycles. The highest BCUT2D eigenvalue weighted by Crippen LogP contribution is 2.60. The lowest BCUT2D eigenvalue weighted by molar-refractivity contribution is -0.114. The fourth-order valence-corrected chi connectivity index (χ4v) is 4.69. The first-order valence-corrected chi connectivity index (χ1v) is 9.43. The largest absolute Gasteiger partial charge is 0.294 e. The molecule has 2 radical (unpaired) electrons. The Kier molecular flexibility index (Phi) is 3.12. The van der Waals surface area contributed by atoms with E-state index >= 15 is 0 Å². The highest BCUT2D eigenvalue weighted by Gasteiger charge is 2.46. The van der Waals surface area contributed by atoms with Gasteiger partial charge in [-0.15, -0.1) is 0 Å². The highest BCUT2D eigenvalue weighted by molar-refractivity contribution is 6.27. The molecule has 0 fully saturated rings. The number of hydrogen-bond acceptors (Lipinski definition) is 3. The van der Waals surface area contributed by atoms with Crippen molar-refractivity contribution < 1.29 is 14.4 Å². The summed E-state index contributed by atoms with van der Waals surface area (Å²) >= 11 is 0. The molecule has 3 nitrogen and oxygen atoms in total. The Morgan fingerprint density at radius 1 is 0.897 bits per heavy atom. The van der Waals surface area contributed by atoms with E-state index in [1.807, 2.05) is 24.3 Å². The minimum absolute atomic E-state index is 0.0395. The van der Waals surface area contributed by atoms with Gasteiger partial charge in [0.1, 0.15) is 5.94 Å². The topological polar surface area (TPSA) is 51.2 Å². The number of fused-ring (bicyclic) bond motifs is 6. The second-order valence-electron chi connectivity index (χ2n) is 7.47. The molecule has 6 rings (SSSR count). The molecule has 2 aromatic carbocycles. The van der Waals surface area contributed by atoms with Crippen LogP contribution in [0.4, 0.5) is 0 Å². The average Bonchev–Trinajstić information content (AvgIpc) is 2.74. The van der Waals surface area contributed by atoms with Gasteiger partial charge in [-0.3, -0.25) is 9.59 Å². The third-order valence-electron chi connectivity index (χ3n) is 5.97. The molecule has 0 aromatic heterocycles. The van der Waals surface area contributed by atoms with E-state index < -0.39 is 0 Å². The molecule has 0 unspecified atom stereocenters. The molecule has 0 bridgehead atoms. The first kappa shape index (κ1) is 16.2. The van der Waals surface area contributed by atoms with Gasteiger partial charge in [-0.05, 0) is 45.6 Å². The van der Waals surface area contributed by atoms with Gasteiger partial charge in [0.2, 0.25) is 0 Å². The van der Waals surface area contributed by atoms with Gasteiger partial charge in [0.05, 0.1) is 0 Å². The van der Waals surface area contributed by atoms with Gasteiger partial charge in [-0.25, -0.2) is 4.79 Å². The lowest BCUT2D eigenvalue weighted by Crippen LogP contribution is -2.30. The Balaban J connectivity index is 1.45. The molecule has 4 aliphatic carbocycles. The summed E-state index contributed by atoms with van der Waals surface area (Å²) < 4.78 is 0. The third kappa shape index (κ3) is 2.00. The maximum atomic E-state index is 13.0. The van der Waals surface area contributed by atoms with Gasteiger partial charge in [-0.1, -0.05) is 48.5 Å². The summed E-state index contributed by atoms with van der Waals surface area (Å²) in [6.07, 6.45) is 3.65. The maximum Gasteiger partial charge on any atom is 0.190 e. The Bertz CT molecular complexity index is 1350. The van der Waals surface area contributed by atoms with E-state index in [1.165, 1.54) is 0 Å². The lowest BCUT2D eigenvalue weighted by atomic mass is 9.59. The van der Waals surface area contributed by atoms with Crippen molar-refractivity contribution in [2.24, 2.45) is 0 Å². The molecule has 0 N–H and O–H groups in total. The summed E-state index contributed by atoms with van der Waals surface area (Å²) in [5.41, 5.74) is 8.56. The maximum absolute atomic E-state index is 13.0. The smallest absolute Gasteiger partial charge is 0.190 e. The molecule has 0 heterocycles. The Hall–Kier alpha value is -3.81. The van der Waals surface area contributed by atoms with E-state index in [9.17, 15) is 14.4 Å². The minimum Gasteiger partial charge on any atom is -0.294 e. The van der Waals surface area contributed by atoms with E-state index in [0.29, 0.717) is 34.3 Å². The molecule has 3 heteroatoms. The standard InChI is InChI=1S/C26H12O3/c27-13-16-11-20-19-10-15(26(29)14-6-2-1-3-7-14)12-21(28)23(19)25(20)24-18-9-5-4-8-17(18)22(16)24/h1-6,8-9H,11-12H2. The van der Waals surface area contributed by atoms with Crippen LogP contribution in [0.25, 0.3) is 11.1 Å². The van der Waals surface area contributed by atoms with E-state index in [2.05, 4.69) is 18.1 Å². The highest BCUT2D eigenvalue weighted by atomic mass is 16.1. The van der Waals surface area contributed by atoms with E-state index in [0.717, 1.165) is 33.4 Å². The molecule has 0 saturated carbocycles. The van der Waals surface area contributed by atoms with Gasteiger partial charge in [0, 0.05) is 40.7 Å². The van der Waals surface area contributed by atoms with Crippen LogP contribution in [0.1, 0.15) is 34.3 Å². The SMILES string of the molecule is O=C=C1CC2=C(C3=C2[C]=C(C(=O)c2[c]cccc2)CC3=O)C2=C1c1ccccc12. The number of rotatable bonds is 2. The molecule has 4 aliphatic rings. The van der Waals surface area contributed by atoms with Crippen LogP contribution < -0.4 is 0 Å². The second kappa shape index (κ2) is 5.60. The summed E-state index contributed by atoms with van der Waals surface area (Å²) in [5.74, 6) is 1.80. The molecule has 0 saturated heterocycles. The Morgan fingerprint density at radius 3 is 2.38 bits per heavy atom. The van der Waals surface area contributed by atoms with Crippen molar-refractivity contribution in [1.82, 2.24) is 0 Å². The number of Topliss-reactive ketones (excluding diaryl/α,β-unsaturated/α-hetero) is 2. The number of ketones is 2. The molecule has 2 aromatic rings. The van der Waals surface area contributed by atoms with Gasteiger partial charge in [0.25, 0.3) is 0 Å². The van der Waals surface area contributed by atoms with Crippen LogP contribution >= 0.6 is 0 Å².